The first-order chi connectivity index (χ1) is 10.5. The summed E-state index contributed by atoms with van der Waals surface area (Å²) in [6.45, 7) is 7.56. The fourth-order valence-electron chi connectivity index (χ4n) is 2.13. The Morgan fingerprint density at radius 1 is 1.18 bits per heavy atom. The van der Waals surface area contributed by atoms with Gasteiger partial charge in [-0.3, -0.25) is 9.89 Å². The van der Waals surface area contributed by atoms with Crippen molar-refractivity contribution in [2.24, 2.45) is 4.99 Å². The summed E-state index contributed by atoms with van der Waals surface area (Å²) >= 11 is 0. The van der Waals surface area contributed by atoms with Crippen molar-refractivity contribution >= 4 is 5.96 Å². The fraction of sp³-hybridized carbons (Fsp3) is 0.929. The molecule has 1 heterocycles. The van der Waals surface area contributed by atoms with Crippen molar-refractivity contribution in [3.05, 3.63) is 0 Å². The van der Waals surface area contributed by atoms with Crippen LogP contribution in [-0.4, -0.2) is 69.5 Å². The highest BCUT2D eigenvalue weighted by molar-refractivity contribution is 5.79. The van der Waals surface area contributed by atoms with Crippen molar-refractivity contribution in [3.63, 3.8) is 0 Å². The lowest BCUT2D eigenvalue weighted by atomic mass is 10.3. The Hall–Kier alpha value is -1.02. The van der Waals surface area contributed by atoms with Crippen LogP contribution in [0.4, 0.5) is 13.2 Å². The normalized spacial score (nSPS) is 17.5. The lowest BCUT2D eigenvalue weighted by Crippen LogP contribution is -2.39. The highest BCUT2D eigenvalue weighted by atomic mass is 19.4. The monoisotopic (exact) mass is 324 g/mol. The third-order valence-corrected chi connectivity index (χ3v) is 3.30. The van der Waals surface area contributed by atoms with E-state index in [1.807, 2.05) is 6.92 Å². The fourth-order valence-corrected chi connectivity index (χ4v) is 2.13. The number of ether oxygens (including phenoxy) is 1. The van der Waals surface area contributed by atoms with Gasteiger partial charge < -0.3 is 15.4 Å². The van der Waals surface area contributed by atoms with Gasteiger partial charge in [-0.15, -0.1) is 0 Å². The molecule has 1 aliphatic heterocycles. The van der Waals surface area contributed by atoms with Crippen LogP contribution in [-0.2, 0) is 4.74 Å². The second kappa shape index (κ2) is 10.7. The highest BCUT2D eigenvalue weighted by Crippen LogP contribution is 2.17. The SMILES string of the molecule is CCNC(=NCCCCN1CCOCC1)NCCC(F)(F)F. The molecule has 130 valence electrons. The van der Waals surface area contributed by atoms with Crippen LogP contribution in [0.5, 0.6) is 0 Å². The summed E-state index contributed by atoms with van der Waals surface area (Å²) in [5.41, 5.74) is 0. The summed E-state index contributed by atoms with van der Waals surface area (Å²) in [5, 5.41) is 5.66. The number of rotatable bonds is 8. The number of halogens is 3. The second-order valence-electron chi connectivity index (χ2n) is 5.21. The van der Waals surface area contributed by atoms with Gasteiger partial charge in [-0.25, -0.2) is 0 Å². The van der Waals surface area contributed by atoms with Crippen LogP contribution in [0.1, 0.15) is 26.2 Å². The molecule has 0 aromatic carbocycles. The standard InChI is InChI=1S/C14H27F3N4O/c1-2-18-13(20-7-5-14(15,16)17)19-6-3-4-8-21-9-11-22-12-10-21/h2-12H2,1H3,(H2,18,19,20). The maximum Gasteiger partial charge on any atom is 0.390 e. The first-order valence-corrected chi connectivity index (χ1v) is 7.90. The van der Waals surface area contributed by atoms with Crippen LogP contribution in [0.15, 0.2) is 4.99 Å². The summed E-state index contributed by atoms with van der Waals surface area (Å²) in [6, 6.07) is 0. The topological polar surface area (TPSA) is 48.9 Å². The van der Waals surface area contributed by atoms with Gasteiger partial charge in [-0.1, -0.05) is 0 Å². The van der Waals surface area contributed by atoms with Crippen molar-refractivity contribution in [1.29, 1.82) is 0 Å². The third kappa shape index (κ3) is 9.83. The van der Waals surface area contributed by atoms with E-state index >= 15 is 0 Å². The zero-order valence-corrected chi connectivity index (χ0v) is 13.2. The molecule has 0 aromatic rings. The van der Waals surface area contributed by atoms with Crippen molar-refractivity contribution in [1.82, 2.24) is 15.5 Å². The van der Waals surface area contributed by atoms with E-state index in [1.54, 1.807) is 0 Å². The van der Waals surface area contributed by atoms with Gasteiger partial charge in [-0.2, -0.15) is 13.2 Å². The van der Waals surface area contributed by atoms with E-state index in [2.05, 4.69) is 20.5 Å². The van der Waals surface area contributed by atoms with E-state index < -0.39 is 12.6 Å². The lowest BCUT2D eigenvalue weighted by molar-refractivity contribution is -0.132. The van der Waals surface area contributed by atoms with E-state index in [0.29, 0.717) is 19.0 Å². The highest BCUT2D eigenvalue weighted by Gasteiger charge is 2.26. The molecule has 0 spiro atoms. The number of guanidine groups is 1. The van der Waals surface area contributed by atoms with Gasteiger partial charge >= 0.3 is 6.18 Å². The van der Waals surface area contributed by atoms with Gasteiger partial charge in [0.05, 0.1) is 19.6 Å². The Kier molecular flexibility index (Phi) is 9.22. The molecule has 1 rings (SSSR count). The minimum atomic E-state index is -4.14. The van der Waals surface area contributed by atoms with Gasteiger partial charge in [0.2, 0.25) is 0 Å². The first kappa shape index (κ1) is 19.0. The maximum atomic E-state index is 12.1. The number of nitrogens with one attached hydrogen (secondary N) is 2. The average molecular weight is 324 g/mol. The molecule has 1 saturated heterocycles. The molecule has 0 saturated carbocycles. The molecule has 2 N–H and O–H groups in total. The van der Waals surface area contributed by atoms with Crippen LogP contribution in [0.2, 0.25) is 0 Å². The summed E-state index contributed by atoms with van der Waals surface area (Å²) in [7, 11) is 0. The number of alkyl halides is 3. The van der Waals surface area contributed by atoms with E-state index in [4.69, 9.17) is 4.74 Å². The predicted molar refractivity (Wildman–Crippen MR) is 81.1 cm³/mol. The zero-order valence-electron chi connectivity index (χ0n) is 13.2. The van der Waals surface area contributed by atoms with Crippen molar-refractivity contribution in [2.45, 2.75) is 32.4 Å². The number of morpholine rings is 1. The molecule has 0 atom stereocenters. The van der Waals surface area contributed by atoms with Gasteiger partial charge in [-0.05, 0) is 26.3 Å². The molecule has 22 heavy (non-hydrogen) atoms. The van der Waals surface area contributed by atoms with E-state index in [1.165, 1.54) is 0 Å². The van der Waals surface area contributed by atoms with Crippen LogP contribution in [0.25, 0.3) is 0 Å². The number of unbranched alkanes of at least 4 members (excludes halogenated alkanes) is 1. The molecule has 1 aliphatic rings. The first-order valence-electron chi connectivity index (χ1n) is 7.90. The van der Waals surface area contributed by atoms with Gasteiger partial charge in [0.1, 0.15) is 0 Å². The van der Waals surface area contributed by atoms with Gasteiger partial charge in [0.15, 0.2) is 5.96 Å². The van der Waals surface area contributed by atoms with E-state index in [-0.39, 0.29) is 6.54 Å². The predicted octanol–water partition coefficient (Wildman–Crippen LogP) is 1.61. The Bertz CT molecular complexity index is 318. The zero-order chi connectivity index (χ0) is 16.3. The molecule has 0 radical (unpaired) electrons. The molecule has 0 unspecified atom stereocenters. The molecule has 0 aromatic heterocycles. The minimum absolute atomic E-state index is 0.150. The second-order valence-corrected chi connectivity index (χ2v) is 5.21. The van der Waals surface area contributed by atoms with Crippen LogP contribution < -0.4 is 10.6 Å². The molecule has 8 heteroatoms. The Morgan fingerprint density at radius 2 is 1.91 bits per heavy atom. The third-order valence-electron chi connectivity index (χ3n) is 3.30. The largest absolute Gasteiger partial charge is 0.390 e. The summed E-state index contributed by atoms with van der Waals surface area (Å²) in [5.74, 6) is 0.457. The van der Waals surface area contributed by atoms with Crippen molar-refractivity contribution in [2.75, 3.05) is 52.5 Å². The molecular formula is C14H27F3N4O. The summed E-state index contributed by atoms with van der Waals surface area (Å²) in [6.07, 6.45) is -3.03. The van der Waals surface area contributed by atoms with Crippen molar-refractivity contribution in [3.8, 4) is 0 Å². The van der Waals surface area contributed by atoms with Crippen molar-refractivity contribution < 1.29 is 17.9 Å². The molecule has 0 amide bonds. The summed E-state index contributed by atoms with van der Waals surface area (Å²) < 4.78 is 41.6. The minimum Gasteiger partial charge on any atom is -0.379 e. The number of hydrogen-bond donors (Lipinski definition) is 2. The Balaban J connectivity index is 2.15. The molecule has 5 nitrogen and oxygen atoms in total. The van der Waals surface area contributed by atoms with Gasteiger partial charge in [0, 0.05) is 32.7 Å². The van der Waals surface area contributed by atoms with E-state index in [9.17, 15) is 13.2 Å². The van der Waals surface area contributed by atoms with E-state index in [0.717, 1.165) is 45.7 Å². The van der Waals surface area contributed by atoms with Crippen LogP contribution in [0.3, 0.4) is 0 Å². The number of aliphatic imine (C=N–C) groups is 1. The summed E-state index contributed by atoms with van der Waals surface area (Å²) in [4.78, 5) is 6.66. The Labute approximate surface area is 130 Å². The lowest BCUT2D eigenvalue weighted by Gasteiger charge is -2.26. The van der Waals surface area contributed by atoms with Crippen LogP contribution >= 0.6 is 0 Å². The Morgan fingerprint density at radius 3 is 2.55 bits per heavy atom. The number of nitrogens with zero attached hydrogens (tertiary/aromatic N) is 2. The number of hydrogen-bond acceptors (Lipinski definition) is 3. The average Bonchev–Trinajstić information content (AvgIpc) is 2.46. The smallest absolute Gasteiger partial charge is 0.379 e. The molecule has 1 fully saturated rings. The van der Waals surface area contributed by atoms with Crippen LogP contribution in [0, 0.1) is 0 Å². The molecular weight excluding hydrogens is 297 g/mol. The molecule has 0 bridgehead atoms. The van der Waals surface area contributed by atoms with Gasteiger partial charge in [0.25, 0.3) is 0 Å². The molecule has 0 aliphatic carbocycles. The quantitative estimate of drug-likeness (QED) is 0.405. The maximum absolute atomic E-state index is 12.1.